The van der Waals surface area contributed by atoms with Gasteiger partial charge < -0.3 is 4.74 Å². The summed E-state index contributed by atoms with van der Waals surface area (Å²) in [7, 11) is 1.29. The zero-order valence-corrected chi connectivity index (χ0v) is 11.2. The molecule has 0 bridgehead atoms. The van der Waals surface area contributed by atoms with E-state index < -0.39 is 5.92 Å². The minimum atomic E-state index is -2.87. The van der Waals surface area contributed by atoms with E-state index in [1.54, 1.807) is 25.1 Å². The first-order chi connectivity index (χ1) is 8.47. The van der Waals surface area contributed by atoms with E-state index in [4.69, 9.17) is 0 Å². The zero-order chi connectivity index (χ0) is 13.6. The number of rotatable bonds is 6. The van der Waals surface area contributed by atoms with Crippen molar-refractivity contribution in [3.8, 4) is 0 Å². The molecule has 0 aliphatic carbocycles. The Balaban J connectivity index is 2.46. The van der Waals surface area contributed by atoms with Gasteiger partial charge in [0.2, 0.25) is 0 Å². The number of hydrogen-bond acceptors (Lipinski definition) is 3. The molecule has 1 aromatic carbocycles. The summed E-state index contributed by atoms with van der Waals surface area (Å²) < 4.78 is 32.0. The van der Waals surface area contributed by atoms with E-state index in [1.165, 1.54) is 19.2 Å². The van der Waals surface area contributed by atoms with Gasteiger partial charge in [-0.1, -0.05) is 37.3 Å². The topological polar surface area (TPSA) is 26.3 Å². The molecule has 0 radical (unpaired) electrons. The van der Waals surface area contributed by atoms with Gasteiger partial charge in [-0.3, -0.25) is 4.79 Å². The molecule has 18 heavy (non-hydrogen) atoms. The maximum absolute atomic E-state index is 13.8. The van der Waals surface area contributed by atoms with Crippen molar-refractivity contribution in [3.05, 3.63) is 35.9 Å². The predicted octanol–water partition coefficient (Wildman–Crippen LogP) is 3.32. The normalized spacial score (nSPS) is 13.1. The van der Waals surface area contributed by atoms with E-state index in [0.29, 0.717) is 5.75 Å². The van der Waals surface area contributed by atoms with Gasteiger partial charge in [-0.25, -0.2) is 8.78 Å². The number of carbonyl (C=O) groups is 1. The summed E-state index contributed by atoms with van der Waals surface area (Å²) in [5, 5.41) is 0. The number of thioether (sulfide) groups is 1. The highest BCUT2D eigenvalue weighted by molar-refractivity contribution is 7.99. The number of halogens is 2. The van der Waals surface area contributed by atoms with Crippen LogP contribution in [0.1, 0.15) is 12.5 Å². The van der Waals surface area contributed by atoms with Gasteiger partial charge in [-0.2, -0.15) is 11.8 Å². The average Bonchev–Trinajstić information content (AvgIpc) is 2.38. The summed E-state index contributed by atoms with van der Waals surface area (Å²) in [5.74, 6) is -3.62. The van der Waals surface area contributed by atoms with Crippen LogP contribution in [0.5, 0.6) is 0 Å². The van der Waals surface area contributed by atoms with Crippen molar-refractivity contribution in [1.29, 1.82) is 0 Å². The second-order valence-electron chi connectivity index (χ2n) is 4.01. The molecule has 0 amide bonds. The molecule has 2 nitrogen and oxygen atoms in total. The van der Waals surface area contributed by atoms with Crippen molar-refractivity contribution in [3.63, 3.8) is 0 Å². The lowest BCUT2D eigenvalue weighted by atomic mass is 10.1. The minimum absolute atomic E-state index is 0.00298. The number of hydrogen-bond donors (Lipinski definition) is 0. The Morgan fingerprint density at radius 3 is 2.56 bits per heavy atom. The van der Waals surface area contributed by atoms with Crippen LogP contribution in [0.2, 0.25) is 0 Å². The highest BCUT2D eigenvalue weighted by atomic mass is 32.2. The van der Waals surface area contributed by atoms with Crippen molar-refractivity contribution >= 4 is 17.7 Å². The Bertz CT molecular complexity index is 382. The lowest BCUT2D eigenvalue weighted by Crippen LogP contribution is -2.20. The largest absolute Gasteiger partial charge is 0.469 e. The molecule has 1 unspecified atom stereocenters. The monoisotopic (exact) mass is 274 g/mol. The van der Waals surface area contributed by atoms with Crippen LogP contribution in [0.3, 0.4) is 0 Å². The molecule has 0 heterocycles. The molecule has 0 aromatic heterocycles. The molecule has 100 valence electrons. The van der Waals surface area contributed by atoms with Crippen LogP contribution >= 0.6 is 11.8 Å². The molecule has 5 heteroatoms. The number of alkyl halides is 2. The van der Waals surface area contributed by atoms with Gasteiger partial charge in [0.15, 0.2) is 0 Å². The van der Waals surface area contributed by atoms with E-state index in [2.05, 4.69) is 4.74 Å². The van der Waals surface area contributed by atoms with Gasteiger partial charge in [-0.05, 0) is 0 Å². The minimum Gasteiger partial charge on any atom is -0.469 e. The molecule has 0 saturated heterocycles. The Morgan fingerprint density at radius 1 is 1.39 bits per heavy atom. The molecule has 0 aliphatic heterocycles. The van der Waals surface area contributed by atoms with Crippen molar-refractivity contribution in [2.45, 2.75) is 12.8 Å². The summed E-state index contributed by atoms with van der Waals surface area (Å²) in [4.78, 5) is 11.1. The number of esters is 1. The summed E-state index contributed by atoms with van der Waals surface area (Å²) in [6, 6.07) is 7.69. The number of carbonyl (C=O) groups excluding carboxylic acids is 1. The maximum Gasteiger partial charge on any atom is 0.309 e. The third-order valence-electron chi connectivity index (χ3n) is 2.45. The van der Waals surface area contributed by atoms with Crippen molar-refractivity contribution < 1.29 is 18.3 Å². The SMILES string of the molecule is COC(=O)C(C)CSCC(F)(F)c1ccccc1. The Kier molecular flexibility index (Phi) is 5.59. The van der Waals surface area contributed by atoms with Crippen LogP contribution in [-0.4, -0.2) is 24.6 Å². The van der Waals surface area contributed by atoms with Crippen LogP contribution in [-0.2, 0) is 15.5 Å². The van der Waals surface area contributed by atoms with Crippen LogP contribution in [0, 0.1) is 5.92 Å². The zero-order valence-electron chi connectivity index (χ0n) is 10.4. The summed E-state index contributed by atoms with van der Waals surface area (Å²) >= 11 is 1.06. The first kappa shape index (κ1) is 15.0. The second-order valence-corrected chi connectivity index (χ2v) is 5.04. The molecular formula is C13H16F2O2S. The van der Waals surface area contributed by atoms with Gasteiger partial charge >= 0.3 is 5.97 Å². The maximum atomic E-state index is 13.8. The quantitative estimate of drug-likeness (QED) is 0.744. The lowest BCUT2D eigenvalue weighted by molar-refractivity contribution is -0.144. The molecule has 0 N–H and O–H groups in total. The van der Waals surface area contributed by atoms with Crippen LogP contribution in [0.25, 0.3) is 0 Å². The Morgan fingerprint density at radius 2 is 2.00 bits per heavy atom. The average molecular weight is 274 g/mol. The molecule has 1 rings (SSSR count). The molecule has 1 atom stereocenters. The summed E-state index contributed by atoms with van der Waals surface area (Å²) in [5.41, 5.74) is 0.00298. The lowest BCUT2D eigenvalue weighted by Gasteiger charge is -2.17. The van der Waals surface area contributed by atoms with Crippen LogP contribution in [0.4, 0.5) is 8.78 Å². The fraction of sp³-hybridized carbons (Fsp3) is 0.462. The van der Waals surface area contributed by atoms with Gasteiger partial charge in [0.1, 0.15) is 0 Å². The van der Waals surface area contributed by atoms with E-state index in [9.17, 15) is 13.6 Å². The van der Waals surface area contributed by atoms with Crippen molar-refractivity contribution in [1.82, 2.24) is 0 Å². The van der Waals surface area contributed by atoms with Crippen LogP contribution in [0.15, 0.2) is 30.3 Å². The summed E-state index contributed by atoms with van der Waals surface area (Å²) in [6.07, 6.45) is 0. The molecule has 0 saturated carbocycles. The molecule has 0 fully saturated rings. The fourth-order valence-electron chi connectivity index (χ4n) is 1.40. The van der Waals surface area contributed by atoms with E-state index in [0.717, 1.165) is 11.8 Å². The van der Waals surface area contributed by atoms with Crippen molar-refractivity contribution in [2.24, 2.45) is 5.92 Å². The molecule has 0 spiro atoms. The van der Waals surface area contributed by atoms with Crippen LogP contribution < -0.4 is 0 Å². The van der Waals surface area contributed by atoms with E-state index in [-0.39, 0.29) is 23.2 Å². The molecular weight excluding hydrogens is 258 g/mol. The van der Waals surface area contributed by atoms with Gasteiger partial charge in [-0.15, -0.1) is 0 Å². The first-order valence-corrected chi connectivity index (χ1v) is 6.72. The molecule has 1 aromatic rings. The third kappa shape index (κ3) is 4.29. The number of methoxy groups -OCH3 is 1. The highest BCUT2D eigenvalue weighted by Crippen LogP contribution is 2.32. The second kappa shape index (κ2) is 6.73. The number of benzene rings is 1. The third-order valence-corrected chi connectivity index (χ3v) is 3.75. The van der Waals surface area contributed by atoms with Gasteiger partial charge in [0, 0.05) is 11.3 Å². The van der Waals surface area contributed by atoms with Gasteiger partial charge in [0.25, 0.3) is 5.92 Å². The first-order valence-electron chi connectivity index (χ1n) is 5.56. The smallest absolute Gasteiger partial charge is 0.309 e. The van der Waals surface area contributed by atoms with Crippen molar-refractivity contribution in [2.75, 3.05) is 18.6 Å². The highest BCUT2D eigenvalue weighted by Gasteiger charge is 2.31. The molecule has 0 aliphatic rings. The predicted molar refractivity (Wildman–Crippen MR) is 68.8 cm³/mol. The summed E-state index contributed by atoms with van der Waals surface area (Å²) in [6.45, 7) is 1.67. The van der Waals surface area contributed by atoms with E-state index in [1.807, 2.05) is 0 Å². The van der Waals surface area contributed by atoms with Gasteiger partial charge in [0.05, 0.1) is 18.8 Å². The number of ether oxygens (including phenoxy) is 1. The van der Waals surface area contributed by atoms with E-state index >= 15 is 0 Å². The Labute approximate surface area is 110 Å². The standard InChI is InChI=1S/C13H16F2O2S/c1-10(12(16)17-2)8-18-9-13(14,15)11-6-4-3-5-7-11/h3-7,10H,8-9H2,1-2H3. The Hall–Kier alpha value is -1.10. The fourth-order valence-corrected chi connectivity index (χ4v) is 2.43.